The van der Waals surface area contributed by atoms with Crippen molar-refractivity contribution in [2.45, 2.75) is 38.8 Å². The van der Waals surface area contributed by atoms with Gasteiger partial charge in [0.05, 0.1) is 5.69 Å². The van der Waals surface area contributed by atoms with E-state index in [1.54, 1.807) is 11.3 Å². The van der Waals surface area contributed by atoms with Gasteiger partial charge in [-0.25, -0.2) is 4.98 Å². The first-order valence-corrected chi connectivity index (χ1v) is 7.78. The lowest BCUT2D eigenvalue weighted by Gasteiger charge is -2.25. The fourth-order valence-corrected chi connectivity index (χ4v) is 3.13. The Balaban J connectivity index is 1.65. The van der Waals surface area contributed by atoms with Gasteiger partial charge in [-0.2, -0.15) is 0 Å². The summed E-state index contributed by atoms with van der Waals surface area (Å²) in [5, 5.41) is 6.97. The summed E-state index contributed by atoms with van der Waals surface area (Å²) in [6, 6.07) is 10.4. The van der Waals surface area contributed by atoms with Crippen LogP contribution in [0.3, 0.4) is 0 Å². The normalized spacial score (nSPS) is 15.7. The predicted octanol–water partition coefficient (Wildman–Crippen LogP) is 4.09. The second-order valence-electron chi connectivity index (χ2n) is 5.84. The van der Waals surface area contributed by atoms with Gasteiger partial charge in [-0.3, -0.25) is 0 Å². The van der Waals surface area contributed by atoms with Gasteiger partial charge in [-0.1, -0.05) is 30.3 Å². The summed E-state index contributed by atoms with van der Waals surface area (Å²) >= 11 is 1.74. The van der Waals surface area contributed by atoms with Crippen LogP contribution in [-0.2, 0) is 6.54 Å². The summed E-state index contributed by atoms with van der Waals surface area (Å²) in [6.45, 7) is 5.48. The first-order valence-electron chi connectivity index (χ1n) is 6.90. The van der Waals surface area contributed by atoms with Crippen LogP contribution >= 0.6 is 11.3 Å². The van der Waals surface area contributed by atoms with Crippen molar-refractivity contribution < 1.29 is 0 Å². The molecule has 1 aromatic carbocycles. The monoisotopic (exact) mass is 272 g/mol. The third-order valence-corrected chi connectivity index (χ3v) is 4.76. The van der Waals surface area contributed by atoms with Crippen LogP contribution in [0.1, 0.15) is 31.7 Å². The number of hydrogen-bond donors (Lipinski definition) is 1. The van der Waals surface area contributed by atoms with Crippen molar-refractivity contribution in [1.82, 2.24) is 10.3 Å². The van der Waals surface area contributed by atoms with Gasteiger partial charge in [-0.15, -0.1) is 11.3 Å². The number of thiazole rings is 1. The lowest BCUT2D eigenvalue weighted by Crippen LogP contribution is -2.40. The molecule has 1 aliphatic carbocycles. The van der Waals surface area contributed by atoms with E-state index in [-0.39, 0.29) is 5.54 Å². The number of nitrogens with zero attached hydrogens (tertiary/aromatic N) is 1. The van der Waals surface area contributed by atoms with Crippen LogP contribution in [0, 0.1) is 5.92 Å². The van der Waals surface area contributed by atoms with Crippen molar-refractivity contribution >= 4 is 11.3 Å². The maximum absolute atomic E-state index is 4.72. The second-order valence-corrected chi connectivity index (χ2v) is 6.78. The summed E-state index contributed by atoms with van der Waals surface area (Å²) in [7, 11) is 0. The molecule has 1 saturated carbocycles. The van der Waals surface area contributed by atoms with Crippen LogP contribution in [-0.4, -0.2) is 10.5 Å². The number of rotatable bonds is 5. The van der Waals surface area contributed by atoms with E-state index in [1.165, 1.54) is 23.4 Å². The summed E-state index contributed by atoms with van der Waals surface area (Å²) in [5.41, 5.74) is 2.54. The van der Waals surface area contributed by atoms with Crippen LogP contribution in [0.25, 0.3) is 11.3 Å². The van der Waals surface area contributed by atoms with Crippen molar-refractivity contribution in [2.75, 3.05) is 0 Å². The van der Waals surface area contributed by atoms with E-state index in [9.17, 15) is 0 Å². The van der Waals surface area contributed by atoms with E-state index < -0.39 is 0 Å². The minimum Gasteiger partial charge on any atom is -0.305 e. The van der Waals surface area contributed by atoms with Crippen molar-refractivity contribution in [3.8, 4) is 11.3 Å². The molecule has 0 unspecified atom stereocenters. The smallest absolute Gasteiger partial charge is 0.107 e. The Labute approximate surface area is 118 Å². The van der Waals surface area contributed by atoms with Crippen molar-refractivity contribution in [3.63, 3.8) is 0 Å². The first kappa shape index (κ1) is 12.8. The molecule has 0 saturated heterocycles. The van der Waals surface area contributed by atoms with E-state index in [1.807, 2.05) is 6.07 Å². The molecule has 1 N–H and O–H groups in total. The molecule has 19 heavy (non-hydrogen) atoms. The van der Waals surface area contributed by atoms with Gasteiger partial charge >= 0.3 is 0 Å². The van der Waals surface area contributed by atoms with Crippen LogP contribution in [0.2, 0.25) is 0 Å². The standard InChI is InChI=1S/C16H20N2S/c1-16(2,13-8-9-13)17-10-15-18-14(11-19-15)12-6-4-3-5-7-12/h3-7,11,13,17H,8-10H2,1-2H3. The molecular formula is C16H20N2S. The predicted molar refractivity (Wildman–Crippen MR) is 81.2 cm³/mol. The first-order chi connectivity index (χ1) is 9.15. The number of benzene rings is 1. The van der Waals surface area contributed by atoms with Crippen LogP contribution in [0.4, 0.5) is 0 Å². The molecule has 3 heteroatoms. The quantitative estimate of drug-likeness (QED) is 0.887. The largest absolute Gasteiger partial charge is 0.305 e. The average molecular weight is 272 g/mol. The highest BCUT2D eigenvalue weighted by Crippen LogP contribution is 2.39. The summed E-state index contributed by atoms with van der Waals surface area (Å²) in [5.74, 6) is 0.848. The lowest BCUT2D eigenvalue weighted by molar-refractivity contribution is 0.339. The summed E-state index contributed by atoms with van der Waals surface area (Å²) in [4.78, 5) is 4.72. The molecule has 1 aliphatic rings. The number of nitrogens with one attached hydrogen (secondary N) is 1. The molecule has 2 nitrogen and oxygen atoms in total. The Bertz CT molecular complexity index is 541. The van der Waals surface area contributed by atoms with Gasteiger partial charge in [0.2, 0.25) is 0 Å². The van der Waals surface area contributed by atoms with E-state index in [4.69, 9.17) is 4.98 Å². The fourth-order valence-electron chi connectivity index (χ4n) is 2.39. The number of hydrogen-bond acceptors (Lipinski definition) is 3. The van der Waals surface area contributed by atoms with Gasteiger partial charge in [0.15, 0.2) is 0 Å². The van der Waals surface area contributed by atoms with E-state index in [0.29, 0.717) is 0 Å². The van der Waals surface area contributed by atoms with E-state index in [2.05, 4.69) is 48.8 Å². The van der Waals surface area contributed by atoms with Gasteiger partial charge < -0.3 is 5.32 Å². The third kappa shape index (κ3) is 3.04. The molecule has 0 bridgehead atoms. The molecule has 1 heterocycles. The molecule has 0 spiro atoms. The van der Waals surface area contributed by atoms with Gasteiger partial charge in [0.1, 0.15) is 5.01 Å². The zero-order chi connectivity index (χ0) is 13.3. The molecule has 0 amide bonds. The molecular weight excluding hydrogens is 252 g/mol. The summed E-state index contributed by atoms with van der Waals surface area (Å²) in [6.07, 6.45) is 2.74. The molecule has 3 rings (SSSR count). The Morgan fingerprint density at radius 1 is 1.26 bits per heavy atom. The lowest BCUT2D eigenvalue weighted by atomic mass is 9.99. The Hall–Kier alpha value is -1.19. The minimum atomic E-state index is 0.249. The van der Waals surface area contributed by atoms with Gasteiger partial charge in [-0.05, 0) is 32.6 Å². The van der Waals surface area contributed by atoms with Crippen molar-refractivity contribution in [1.29, 1.82) is 0 Å². The van der Waals surface area contributed by atoms with Crippen molar-refractivity contribution in [3.05, 3.63) is 40.7 Å². The zero-order valence-electron chi connectivity index (χ0n) is 11.5. The molecule has 1 aromatic heterocycles. The molecule has 100 valence electrons. The second kappa shape index (κ2) is 5.06. The van der Waals surface area contributed by atoms with Gasteiger partial charge in [0, 0.05) is 23.0 Å². The molecule has 0 aliphatic heterocycles. The Kier molecular flexibility index (Phi) is 3.42. The highest BCUT2D eigenvalue weighted by molar-refractivity contribution is 7.09. The fraction of sp³-hybridized carbons (Fsp3) is 0.438. The maximum Gasteiger partial charge on any atom is 0.107 e. The van der Waals surface area contributed by atoms with E-state index >= 15 is 0 Å². The van der Waals surface area contributed by atoms with Crippen LogP contribution in [0.15, 0.2) is 35.7 Å². The Morgan fingerprint density at radius 2 is 2.00 bits per heavy atom. The third-order valence-electron chi connectivity index (χ3n) is 3.91. The minimum absolute atomic E-state index is 0.249. The van der Waals surface area contributed by atoms with Gasteiger partial charge in [0.25, 0.3) is 0 Å². The SMILES string of the molecule is CC(C)(NCc1nc(-c2ccccc2)cs1)C1CC1. The number of aromatic nitrogens is 1. The zero-order valence-corrected chi connectivity index (χ0v) is 12.3. The Morgan fingerprint density at radius 3 is 2.68 bits per heavy atom. The highest BCUT2D eigenvalue weighted by atomic mass is 32.1. The van der Waals surface area contributed by atoms with E-state index in [0.717, 1.165) is 18.2 Å². The summed E-state index contributed by atoms with van der Waals surface area (Å²) < 4.78 is 0. The molecule has 0 radical (unpaired) electrons. The maximum atomic E-state index is 4.72. The average Bonchev–Trinajstić information content (AvgIpc) is 3.18. The molecule has 0 atom stereocenters. The molecule has 2 aromatic rings. The van der Waals surface area contributed by atoms with Crippen LogP contribution in [0.5, 0.6) is 0 Å². The van der Waals surface area contributed by atoms with Crippen molar-refractivity contribution in [2.24, 2.45) is 5.92 Å². The highest BCUT2D eigenvalue weighted by Gasteiger charge is 2.37. The topological polar surface area (TPSA) is 24.9 Å². The van der Waals surface area contributed by atoms with Crippen LogP contribution < -0.4 is 5.32 Å². The molecule has 1 fully saturated rings.